The topological polar surface area (TPSA) is 89.7 Å². The zero-order valence-electron chi connectivity index (χ0n) is 11.1. The lowest BCUT2D eigenvalue weighted by molar-refractivity contribution is -0.384. The number of nitrogens with zero attached hydrogens (tertiary/aromatic N) is 1. The molecule has 3 rings (SSSR count). The molecule has 0 unspecified atom stereocenters. The molecule has 7 heteroatoms. The van der Waals surface area contributed by atoms with Gasteiger partial charge in [0.05, 0.1) is 10.5 Å². The molecule has 0 aromatic heterocycles. The largest absolute Gasteiger partial charge is 0.482 e. The van der Waals surface area contributed by atoms with E-state index in [0.717, 1.165) is 4.47 Å². The molecule has 0 saturated heterocycles. The Bertz CT molecular complexity index is 759. The van der Waals surface area contributed by atoms with Crippen LogP contribution >= 0.6 is 15.9 Å². The maximum Gasteiger partial charge on any atom is 0.269 e. The molecule has 1 heterocycles. The standard InChI is InChI=1S/C15H10BrNO5/c16-9-3-6-11-12(7-9)22-15(14(19)13(11)18)8-1-4-10(5-2-8)17(20)21/h1-7,14-15,19H/t14-,15+/m1/s1. The summed E-state index contributed by atoms with van der Waals surface area (Å²) >= 11 is 3.30. The van der Waals surface area contributed by atoms with Crippen molar-refractivity contribution in [1.29, 1.82) is 0 Å². The van der Waals surface area contributed by atoms with Crippen molar-refractivity contribution in [2.24, 2.45) is 0 Å². The van der Waals surface area contributed by atoms with Crippen LogP contribution < -0.4 is 4.74 Å². The quantitative estimate of drug-likeness (QED) is 0.654. The molecule has 1 aliphatic heterocycles. The number of rotatable bonds is 2. The molecule has 0 bridgehead atoms. The van der Waals surface area contributed by atoms with E-state index in [1.165, 1.54) is 24.3 Å². The van der Waals surface area contributed by atoms with Crippen LogP contribution in [0.1, 0.15) is 22.0 Å². The van der Waals surface area contributed by atoms with E-state index >= 15 is 0 Å². The molecule has 0 radical (unpaired) electrons. The Kier molecular flexibility index (Phi) is 3.67. The molecular formula is C15H10BrNO5. The molecule has 0 amide bonds. The molecule has 0 spiro atoms. The number of ether oxygens (including phenoxy) is 1. The zero-order valence-corrected chi connectivity index (χ0v) is 12.7. The van der Waals surface area contributed by atoms with Crippen molar-refractivity contribution >= 4 is 27.4 Å². The van der Waals surface area contributed by atoms with Gasteiger partial charge in [0.15, 0.2) is 18.0 Å². The van der Waals surface area contributed by atoms with Gasteiger partial charge in [-0.15, -0.1) is 0 Å². The van der Waals surface area contributed by atoms with Crippen LogP contribution in [0.25, 0.3) is 0 Å². The highest BCUT2D eigenvalue weighted by Gasteiger charge is 2.37. The Morgan fingerprint density at radius 3 is 2.50 bits per heavy atom. The lowest BCUT2D eigenvalue weighted by Crippen LogP contribution is -2.36. The Balaban J connectivity index is 1.98. The van der Waals surface area contributed by atoms with Crippen molar-refractivity contribution in [3.63, 3.8) is 0 Å². The van der Waals surface area contributed by atoms with Gasteiger partial charge in [-0.25, -0.2) is 0 Å². The predicted molar refractivity (Wildman–Crippen MR) is 80.9 cm³/mol. The van der Waals surface area contributed by atoms with Gasteiger partial charge in [0.2, 0.25) is 0 Å². The molecule has 0 fully saturated rings. The zero-order chi connectivity index (χ0) is 15.9. The molecule has 112 valence electrons. The Morgan fingerprint density at radius 2 is 1.86 bits per heavy atom. The van der Waals surface area contributed by atoms with Gasteiger partial charge in [0.1, 0.15) is 5.75 Å². The minimum absolute atomic E-state index is 0.0662. The van der Waals surface area contributed by atoms with E-state index in [-0.39, 0.29) is 5.69 Å². The van der Waals surface area contributed by atoms with E-state index in [4.69, 9.17) is 4.74 Å². The Labute approximate surface area is 133 Å². The number of carbonyl (C=O) groups is 1. The summed E-state index contributed by atoms with van der Waals surface area (Å²) in [6, 6.07) is 10.5. The highest BCUT2D eigenvalue weighted by molar-refractivity contribution is 9.10. The van der Waals surface area contributed by atoms with Gasteiger partial charge in [0.25, 0.3) is 5.69 Å². The maximum absolute atomic E-state index is 12.2. The summed E-state index contributed by atoms with van der Waals surface area (Å²) in [5.41, 5.74) is 0.745. The number of halogens is 1. The third kappa shape index (κ3) is 2.49. The summed E-state index contributed by atoms with van der Waals surface area (Å²) in [5.74, 6) is -0.0647. The van der Waals surface area contributed by atoms with Gasteiger partial charge >= 0.3 is 0 Å². The number of nitro benzene ring substituents is 1. The molecule has 6 nitrogen and oxygen atoms in total. The van der Waals surface area contributed by atoms with Crippen LogP contribution in [0.2, 0.25) is 0 Å². The SMILES string of the molecule is O=C1c2ccc(Br)cc2O[C@@H](c2ccc([N+](=O)[O-])cc2)[C@@H]1O. The summed E-state index contributed by atoms with van der Waals surface area (Å²) in [6.07, 6.45) is -2.25. The number of nitro groups is 1. The van der Waals surface area contributed by atoms with Gasteiger partial charge in [-0.05, 0) is 35.9 Å². The van der Waals surface area contributed by atoms with E-state index in [9.17, 15) is 20.0 Å². The smallest absolute Gasteiger partial charge is 0.269 e. The number of hydrogen-bond donors (Lipinski definition) is 1. The van der Waals surface area contributed by atoms with E-state index in [0.29, 0.717) is 16.9 Å². The van der Waals surface area contributed by atoms with E-state index in [2.05, 4.69) is 15.9 Å². The van der Waals surface area contributed by atoms with E-state index in [1.807, 2.05) is 0 Å². The van der Waals surface area contributed by atoms with Crippen LogP contribution in [0, 0.1) is 10.1 Å². The van der Waals surface area contributed by atoms with Crippen LogP contribution in [0.3, 0.4) is 0 Å². The fourth-order valence-electron chi connectivity index (χ4n) is 2.33. The minimum Gasteiger partial charge on any atom is -0.482 e. The third-order valence-corrected chi connectivity index (χ3v) is 3.94. The third-order valence-electron chi connectivity index (χ3n) is 3.45. The van der Waals surface area contributed by atoms with E-state index in [1.54, 1.807) is 18.2 Å². The van der Waals surface area contributed by atoms with Crippen LogP contribution in [-0.4, -0.2) is 21.9 Å². The highest BCUT2D eigenvalue weighted by atomic mass is 79.9. The van der Waals surface area contributed by atoms with Crippen LogP contribution in [-0.2, 0) is 0 Å². The molecule has 1 N–H and O–H groups in total. The van der Waals surface area contributed by atoms with Crippen molar-refractivity contribution < 1.29 is 19.6 Å². The lowest BCUT2D eigenvalue weighted by Gasteiger charge is -2.29. The van der Waals surface area contributed by atoms with E-state index < -0.39 is 22.9 Å². The van der Waals surface area contributed by atoms with Crippen molar-refractivity contribution in [3.8, 4) is 5.75 Å². The number of hydrogen-bond acceptors (Lipinski definition) is 5. The first kappa shape index (κ1) is 14.7. The molecule has 2 atom stereocenters. The lowest BCUT2D eigenvalue weighted by atomic mass is 9.93. The molecule has 2 aromatic carbocycles. The monoisotopic (exact) mass is 363 g/mol. The first-order chi connectivity index (χ1) is 10.5. The van der Waals surface area contributed by atoms with Crippen LogP contribution in [0.5, 0.6) is 5.75 Å². The van der Waals surface area contributed by atoms with Crippen molar-refractivity contribution in [3.05, 3.63) is 68.2 Å². The first-order valence-corrected chi connectivity index (χ1v) is 7.19. The van der Waals surface area contributed by atoms with Crippen LogP contribution in [0.15, 0.2) is 46.9 Å². The highest BCUT2D eigenvalue weighted by Crippen LogP contribution is 2.37. The number of Topliss-reactive ketones (excluding diaryl/α,β-unsaturated/α-hetero) is 1. The number of ketones is 1. The van der Waals surface area contributed by atoms with Gasteiger partial charge < -0.3 is 9.84 Å². The summed E-state index contributed by atoms with van der Waals surface area (Å²) in [6.45, 7) is 0. The van der Waals surface area contributed by atoms with Gasteiger partial charge in [0, 0.05) is 16.6 Å². The molecular weight excluding hydrogens is 354 g/mol. The van der Waals surface area contributed by atoms with Gasteiger partial charge in [-0.3, -0.25) is 14.9 Å². The van der Waals surface area contributed by atoms with Gasteiger partial charge in [-0.2, -0.15) is 0 Å². The predicted octanol–water partition coefficient (Wildman–Crippen LogP) is 3.03. The molecule has 0 saturated carbocycles. The summed E-state index contributed by atoms with van der Waals surface area (Å²) in [7, 11) is 0. The molecule has 22 heavy (non-hydrogen) atoms. The minimum atomic E-state index is -1.35. The second-order valence-corrected chi connectivity index (χ2v) is 5.75. The fraction of sp³-hybridized carbons (Fsp3) is 0.133. The number of aliphatic hydroxyl groups is 1. The normalized spacial score (nSPS) is 20.2. The summed E-state index contributed by atoms with van der Waals surface area (Å²) in [4.78, 5) is 22.4. The van der Waals surface area contributed by atoms with Crippen LogP contribution in [0.4, 0.5) is 5.69 Å². The number of fused-ring (bicyclic) bond motifs is 1. The van der Waals surface area contributed by atoms with Crippen molar-refractivity contribution in [2.75, 3.05) is 0 Å². The average molecular weight is 364 g/mol. The van der Waals surface area contributed by atoms with Crippen molar-refractivity contribution in [2.45, 2.75) is 12.2 Å². The Morgan fingerprint density at radius 1 is 1.18 bits per heavy atom. The van der Waals surface area contributed by atoms with Gasteiger partial charge in [-0.1, -0.05) is 15.9 Å². The maximum atomic E-state index is 12.2. The number of non-ortho nitro benzene ring substituents is 1. The average Bonchev–Trinajstić information content (AvgIpc) is 2.51. The first-order valence-electron chi connectivity index (χ1n) is 6.40. The number of carbonyl (C=O) groups excluding carboxylic acids is 1. The number of aliphatic hydroxyl groups excluding tert-OH is 1. The molecule has 2 aromatic rings. The molecule has 0 aliphatic carbocycles. The second-order valence-electron chi connectivity index (χ2n) is 4.84. The Hall–Kier alpha value is -2.25. The number of benzene rings is 2. The summed E-state index contributed by atoms with van der Waals surface area (Å²) in [5, 5.41) is 20.8. The molecule has 1 aliphatic rings. The fourth-order valence-corrected chi connectivity index (χ4v) is 2.67. The van der Waals surface area contributed by atoms with Crippen molar-refractivity contribution in [1.82, 2.24) is 0 Å². The summed E-state index contributed by atoms with van der Waals surface area (Å²) < 4.78 is 6.46. The second kappa shape index (κ2) is 5.51.